The first-order valence-corrected chi connectivity index (χ1v) is 9.16. The molecule has 0 aliphatic rings. The van der Waals surface area contributed by atoms with Gasteiger partial charge in [-0.2, -0.15) is 0 Å². The normalized spacial score (nSPS) is 11.5. The van der Waals surface area contributed by atoms with E-state index < -0.39 is 5.97 Å². The van der Waals surface area contributed by atoms with E-state index in [1.807, 2.05) is 35.0 Å². The zero-order chi connectivity index (χ0) is 19.7. The first-order chi connectivity index (χ1) is 13.5. The van der Waals surface area contributed by atoms with Gasteiger partial charge in [0.25, 0.3) is 0 Å². The van der Waals surface area contributed by atoms with E-state index in [2.05, 4.69) is 4.99 Å². The van der Waals surface area contributed by atoms with Crippen LogP contribution in [0.25, 0.3) is 10.9 Å². The number of aromatic nitrogens is 1. The summed E-state index contributed by atoms with van der Waals surface area (Å²) in [6.07, 6.45) is 3.68. The molecule has 0 aliphatic carbocycles. The molecule has 2 heterocycles. The second-order valence-electron chi connectivity index (χ2n) is 6.13. The van der Waals surface area contributed by atoms with Crippen molar-refractivity contribution >= 4 is 52.0 Å². The fourth-order valence-electron chi connectivity index (χ4n) is 2.99. The number of carboxylic acids is 1. The third-order valence-corrected chi connectivity index (χ3v) is 5.10. The third-order valence-electron chi connectivity index (χ3n) is 4.29. The lowest BCUT2D eigenvalue weighted by Gasteiger charge is -2.02. The summed E-state index contributed by atoms with van der Waals surface area (Å²) in [5, 5.41) is 10.9. The van der Waals surface area contributed by atoms with Crippen molar-refractivity contribution in [2.75, 3.05) is 0 Å². The second kappa shape index (κ2) is 7.54. The van der Waals surface area contributed by atoms with E-state index in [0.717, 1.165) is 16.5 Å². The van der Waals surface area contributed by atoms with Crippen LogP contribution in [0, 0.1) is 0 Å². The van der Waals surface area contributed by atoms with Crippen LogP contribution in [-0.2, 0) is 6.54 Å². The van der Waals surface area contributed by atoms with Gasteiger partial charge in [0.1, 0.15) is 5.76 Å². The van der Waals surface area contributed by atoms with E-state index in [-0.39, 0.29) is 5.76 Å². The van der Waals surface area contributed by atoms with Crippen molar-refractivity contribution < 1.29 is 14.3 Å². The molecule has 1 N–H and O–H groups in total. The lowest BCUT2D eigenvalue weighted by molar-refractivity contribution is 0.0660. The van der Waals surface area contributed by atoms with Crippen LogP contribution in [0.4, 0.5) is 5.69 Å². The predicted molar refractivity (Wildman–Crippen MR) is 110 cm³/mol. The number of hydrogen-bond acceptors (Lipinski definition) is 3. The number of furan rings is 1. The van der Waals surface area contributed by atoms with Gasteiger partial charge in [0, 0.05) is 28.9 Å². The average Bonchev–Trinajstić information content (AvgIpc) is 3.29. The lowest BCUT2D eigenvalue weighted by Crippen LogP contribution is -1.97. The van der Waals surface area contributed by atoms with Gasteiger partial charge in [-0.25, -0.2) is 4.79 Å². The quantitative estimate of drug-likeness (QED) is 0.406. The Morgan fingerprint density at radius 1 is 1.11 bits per heavy atom. The molecule has 2 aromatic heterocycles. The number of aromatic carboxylic acids is 1. The number of fused-ring (bicyclic) bond motifs is 1. The molecular formula is C21H14Cl2N2O3. The standard InChI is InChI=1S/C21H14Cl2N2O3/c22-16-5-3-6-17(20(16)23)24-10-13-11-25(18-7-2-1-4-15(13)18)12-14-8-9-19(28-14)21(26)27/h1-11H,12H2,(H,26,27). The molecule has 0 saturated heterocycles. The molecule has 0 bridgehead atoms. The van der Waals surface area contributed by atoms with Crippen molar-refractivity contribution in [3.8, 4) is 0 Å². The maximum absolute atomic E-state index is 11.0. The van der Waals surface area contributed by atoms with E-state index >= 15 is 0 Å². The highest BCUT2D eigenvalue weighted by atomic mass is 35.5. The molecule has 140 valence electrons. The molecule has 0 saturated carbocycles. The van der Waals surface area contributed by atoms with Gasteiger partial charge < -0.3 is 14.1 Å². The van der Waals surface area contributed by atoms with Crippen LogP contribution in [0.5, 0.6) is 0 Å². The first kappa shape index (κ1) is 18.3. The fourth-order valence-corrected chi connectivity index (χ4v) is 3.33. The minimum atomic E-state index is -1.09. The van der Waals surface area contributed by atoms with Crippen molar-refractivity contribution in [1.29, 1.82) is 0 Å². The zero-order valence-corrected chi connectivity index (χ0v) is 16.0. The number of halogens is 2. The molecule has 5 nitrogen and oxygen atoms in total. The summed E-state index contributed by atoms with van der Waals surface area (Å²) in [5.74, 6) is -0.613. The third kappa shape index (κ3) is 3.54. The van der Waals surface area contributed by atoms with Crippen LogP contribution in [-0.4, -0.2) is 21.9 Å². The fraction of sp³-hybridized carbons (Fsp3) is 0.0476. The molecule has 28 heavy (non-hydrogen) atoms. The molecule has 0 aliphatic heterocycles. The summed E-state index contributed by atoms with van der Waals surface area (Å²) in [7, 11) is 0. The van der Waals surface area contributed by atoms with Crippen molar-refractivity contribution in [3.63, 3.8) is 0 Å². The average molecular weight is 413 g/mol. The Morgan fingerprint density at radius 3 is 2.71 bits per heavy atom. The zero-order valence-electron chi connectivity index (χ0n) is 14.5. The number of nitrogens with zero attached hydrogens (tertiary/aromatic N) is 2. The number of aliphatic imine (C=N–C) groups is 1. The monoisotopic (exact) mass is 412 g/mol. The smallest absolute Gasteiger partial charge is 0.371 e. The van der Waals surface area contributed by atoms with Crippen LogP contribution >= 0.6 is 23.2 Å². The maximum Gasteiger partial charge on any atom is 0.371 e. The van der Waals surface area contributed by atoms with Gasteiger partial charge in [0.05, 0.1) is 22.3 Å². The molecule has 0 fully saturated rings. The molecule has 0 radical (unpaired) electrons. The van der Waals surface area contributed by atoms with E-state index in [9.17, 15) is 4.79 Å². The summed E-state index contributed by atoms with van der Waals surface area (Å²) in [4.78, 5) is 15.5. The van der Waals surface area contributed by atoms with Gasteiger partial charge in [0.15, 0.2) is 0 Å². The molecule has 4 rings (SSSR count). The van der Waals surface area contributed by atoms with Crippen LogP contribution in [0.2, 0.25) is 10.0 Å². The molecular weight excluding hydrogens is 399 g/mol. The van der Waals surface area contributed by atoms with Gasteiger partial charge in [0.2, 0.25) is 5.76 Å². The Labute approximate surface area is 170 Å². The molecule has 2 aromatic carbocycles. The van der Waals surface area contributed by atoms with E-state index in [1.54, 1.807) is 30.5 Å². The Hall–Kier alpha value is -3.02. The van der Waals surface area contributed by atoms with Gasteiger partial charge in [-0.05, 0) is 30.3 Å². The highest BCUT2D eigenvalue weighted by Gasteiger charge is 2.12. The van der Waals surface area contributed by atoms with Crippen molar-refractivity contribution in [1.82, 2.24) is 4.57 Å². The highest BCUT2D eigenvalue weighted by Crippen LogP contribution is 2.32. The molecule has 4 aromatic rings. The summed E-state index contributed by atoms with van der Waals surface area (Å²) in [5.41, 5.74) is 2.47. The van der Waals surface area contributed by atoms with E-state index in [1.165, 1.54) is 6.07 Å². The van der Waals surface area contributed by atoms with Gasteiger partial charge in [-0.1, -0.05) is 47.5 Å². The number of carbonyl (C=O) groups is 1. The van der Waals surface area contributed by atoms with Crippen molar-refractivity contribution in [2.45, 2.75) is 6.54 Å². The second-order valence-corrected chi connectivity index (χ2v) is 6.92. The summed E-state index contributed by atoms with van der Waals surface area (Å²) < 4.78 is 7.37. The van der Waals surface area contributed by atoms with Crippen molar-refractivity contribution in [3.05, 3.63) is 87.9 Å². The van der Waals surface area contributed by atoms with Crippen LogP contribution in [0.1, 0.15) is 21.9 Å². The molecule has 0 amide bonds. The topological polar surface area (TPSA) is 67.7 Å². The summed E-state index contributed by atoms with van der Waals surface area (Å²) >= 11 is 12.3. The van der Waals surface area contributed by atoms with Gasteiger partial charge >= 0.3 is 5.97 Å². The lowest BCUT2D eigenvalue weighted by atomic mass is 10.2. The largest absolute Gasteiger partial charge is 0.475 e. The first-order valence-electron chi connectivity index (χ1n) is 8.41. The van der Waals surface area contributed by atoms with Crippen LogP contribution < -0.4 is 0 Å². The molecule has 0 atom stereocenters. The number of rotatable bonds is 5. The Balaban J connectivity index is 1.71. The number of para-hydroxylation sites is 1. The van der Waals surface area contributed by atoms with Crippen molar-refractivity contribution in [2.24, 2.45) is 4.99 Å². The maximum atomic E-state index is 11.0. The molecule has 7 heteroatoms. The van der Waals surface area contributed by atoms with Gasteiger partial charge in [-0.15, -0.1) is 0 Å². The minimum Gasteiger partial charge on any atom is -0.475 e. The van der Waals surface area contributed by atoms with Crippen LogP contribution in [0.15, 0.2) is 70.2 Å². The SMILES string of the molecule is O=C(O)c1ccc(Cn2cc(C=Nc3cccc(Cl)c3Cl)c3ccccc32)o1. The highest BCUT2D eigenvalue weighted by molar-refractivity contribution is 6.43. The minimum absolute atomic E-state index is 0.0798. The van der Waals surface area contributed by atoms with E-state index in [4.69, 9.17) is 32.7 Å². The van der Waals surface area contributed by atoms with Crippen LogP contribution in [0.3, 0.4) is 0 Å². The number of hydrogen-bond donors (Lipinski definition) is 1. The summed E-state index contributed by atoms with van der Waals surface area (Å²) in [6, 6.07) is 16.3. The summed E-state index contributed by atoms with van der Waals surface area (Å²) in [6.45, 7) is 0.402. The Kier molecular flexibility index (Phi) is 4.94. The molecule has 0 unspecified atom stereocenters. The van der Waals surface area contributed by atoms with E-state index in [0.29, 0.717) is 28.0 Å². The Morgan fingerprint density at radius 2 is 1.93 bits per heavy atom. The predicted octanol–water partition coefficient (Wildman–Crippen LogP) is 6.04. The Bertz CT molecular complexity index is 1210. The van der Waals surface area contributed by atoms with Gasteiger partial charge in [-0.3, -0.25) is 4.99 Å². The molecule has 0 spiro atoms. The number of benzene rings is 2. The number of carboxylic acid groups (broad SMARTS) is 1.